The molecule has 2 aromatic rings. The molecule has 4 atom stereocenters. The fraction of sp³-hybridized carbons (Fsp3) is 0.519. The average molecular weight is 573 g/mol. The van der Waals surface area contributed by atoms with Crippen LogP contribution in [0.5, 0.6) is 0 Å². The Labute approximate surface area is 224 Å². The van der Waals surface area contributed by atoms with Crippen LogP contribution in [0.1, 0.15) is 43.0 Å². The molecule has 0 aromatic heterocycles. The molecule has 7 nitrogen and oxygen atoms in total. The van der Waals surface area contributed by atoms with Crippen molar-refractivity contribution in [3.8, 4) is 0 Å². The van der Waals surface area contributed by atoms with Crippen LogP contribution in [0.25, 0.3) is 0 Å². The second-order valence-corrected chi connectivity index (χ2v) is 13.6. The standard InChI is InChI=1S/C27H32F4N2O5S/c1-26(2,3)19-6-4-5-15(9-19)12-33-21-14-39(36,37)13-18(24(21)38-25(33)35)8-16-7-17(23(32)20(28)10-16)11-22(34)27(29,30)31/h4-7,9-10,18,21-22,24,34H,8,11-14,32H2,1-3H3/t18-,21+,22+,24+/m1/s1. The number of anilines is 1. The van der Waals surface area contributed by atoms with E-state index in [9.17, 15) is 35.9 Å². The van der Waals surface area contributed by atoms with E-state index in [-0.39, 0.29) is 41.0 Å². The first-order valence-corrected chi connectivity index (χ1v) is 14.4. The highest BCUT2D eigenvalue weighted by Gasteiger charge is 2.51. The maximum atomic E-state index is 14.5. The quantitative estimate of drug-likeness (QED) is 0.398. The van der Waals surface area contributed by atoms with Gasteiger partial charge in [-0.3, -0.25) is 4.90 Å². The third kappa shape index (κ3) is 6.49. The first kappa shape index (κ1) is 29.1. The summed E-state index contributed by atoms with van der Waals surface area (Å²) in [5.74, 6) is -2.36. The molecule has 1 amide bonds. The molecule has 0 radical (unpaired) electrons. The van der Waals surface area contributed by atoms with Crippen molar-refractivity contribution in [1.82, 2.24) is 4.90 Å². The van der Waals surface area contributed by atoms with Crippen molar-refractivity contribution in [2.45, 2.75) is 70.0 Å². The van der Waals surface area contributed by atoms with E-state index in [2.05, 4.69) is 20.8 Å². The molecule has 12 heteroatoms. The Balaban J connectivity index is 1.59. The van der Waals surface area contributed by atoms with Gasteiger partial charge < -0.3 is 15.6 Å². The van der Waals surface area contributed by atoms with Gasteiger partial charge in [0, 0.05) is 18.9 Å². The molecule has 4 rings (SSSR count). The Morgan fingerprint density at radius 2 is 1.82 bits per heavy atom. The zero-order valence-electron chi connectivity index (χ0n) is 21.8. The van der Waals surface area contributed by atoms with Crippen LogP contribution in [0.2, 0.25) is 0 Å². The SMILES string of the molecule is CC(C)(C)c1cccc(CN2C(=O)O[C@H]3[C@H](Cc4cc(F)c(N)c(C[C@H](O)C(F)(F)F)c4)CS(=O)(=O)C[C@@H]32)c1. The Hall–Kier alpha value is -2.86. The molecule has 3 N–H and O–H groups in total. The molecule has 0 spiro atoms. The van der Waals surface area contributed by atoms with Crippen LogP contribution in [0.3, 0.4) is 0 Å². The minimum absolute atomic E-state index is 0.0761. The van der Waals surface area contributed by atoms with E-state index in [1.165, 1.54) is 11.0 Å². The van der Waals surface area contributed by atoms with Crippen molar-refractivity contribution in [1.29, 1.82) is 0 Å². The lowest BCUT2D eigenvalue weighted by Crippen LogP contribution is -2.51. The predicted molar refractivity (Wildman–Crippen MR) is 137 cm³/mol. The van der Waals surface area contributed by atoms with E-state index < -0.39 is 64.2 Å². The number of aliphatic hydroxyl groups excluding tert-OH is 1. The van der Waals surface area contributed by atoms with E-state index in [0.29, 0.717) is 0 Å². The van der Waals surface area contributed by atoms with Crippen molar-refractivity contribution in [3.63, 3.8) is 0 Å². The molecule has 2 aromatic carbocycles. The maximum absolute atomic E-state index is 14.5. The largest absolute Gasteiger partial charge is 0.444 e. The van der Waals surface area contributed by atoms with Crippen LogP contribution in [0, 0.1) is 11.7 Å². The van der Waals surface area contributed by atoms with E-state index in [0.717, 1.165) is 17.2 Å². The molecule has 214 valence electrons. The van der Waals surface area contributed by atoms with Gasteiger partial charge in [0.2, 0.25) is 0 Å². The molecule has 2 fully saturated rings. The predicted octanol–water partition coefficient (Wildman–Crippen LogP) is 4.15. The lowest BCUT2D eigenvalue weighted by atomic mass is 9.86. The second-order valence-electron chi connectivity index (χ2n) is 11.4. The lowest BCUT2D eigenvalue weighted by molar-refractivity contribution is -0.203. The fourth-order valence-corrected chi connectivity index (χ4v) is 7.25. The monoisotopic (exact) mass is 572 g/mol. The van der Waals surface area contributed by atoms with Crippen LogP contribution >= 0.6 is 0 Å². The number of hydrogen-bond donors (Lipinski definition) is 2. The normalized spacial score (nSPS) is 23.8. The highest BCUT2D eigenvalue weighted by molar-refractivity contribution is 7.91. The van der Waals surface area contributed by atoms with Crippen LogP contribution in [-0.4, -0.2) is 60.4 Å². The van der Waals surface area contributed by atoms with Gasteiger partial charge in [0.25, 0.3) is 0 Å². The molecule has 0 aliphatic carbocycles. The summed E-state index contributed by atoms with van der Waals surface area (Å²) in [7, 11) is -3.63. The average Bonchev–Trinajstić information content (AvgIpc) is 3.10. The summed E-state index contributed by atoms with van der Waals surface area (Å²) in [4.78, 5) is 14.3. The van der Waals surface area contributed by atoms with Crippen LogP contribution in [-0.2, 0) is 39.4 Å². The number of amides is 1. The van der Waals surface area contributed by atoms with Crippen molar-refractivity contribution >= 4 is 21.6 Å². The van der Waals surface area contributed by atoms with Crippen LogP contribution in [0.4, 0.5) is 28.0 Å². The highest BCUT2D eigenvalue weighted by atomic mass is 32.2. The Kier molecular flexibility index (Phi) is 7.67. The zero-order valence-corrected chi connectivity index (χ0v) is 22.7. The van der Waals surface area contributed by atoms with Gasteiger partial charge in [0.15, 0.2) is 15.9 Å². The number of ether oxygens (including phenoxy) is 1. The van der Waals surface area contributed by atoms with E-state index in [1.807, 2.05) is 24.3 Å². The van der Waals surface area contributed by atoms with Gasteiger partial charge in [-0.15, -0.1) is 0 Å². The lowest BCUT2D eigenvalue weighted by Gasteiger charge is -2.34. The Morgan fingerprint density at radius 3 is 2.46 bits per heavy atom. The summed E-state index contributed by atoms with van der Waals surface area (Å²) in [6.07, 6.45) is -10.2. The number of nitrogens with two attached hydrogens (primary N) is 1. The van der Waals surface area contributed by atoms with E-state index in [4.69, 9.17) is 10.5 Å². The van der Waals surface area contributed by atoms with Gasteiger partial charge in [-0.1, -0.05) is 51.1 Å². The summed E-state index contributed by atoms with van der Waals surface area (Å²) in [6.45, 7) is 6.31. The van der Waals surface area contributed by atoms with Crippen molar-refractivity contribution in [2.24, 2.45) is 5.92 Å². The number of fused-ring (bicyclic) bond motifs is 1. The summed E-state index contributed by atoms with van der Waals surface area (Å²) >= 11 is 0. The number of hydrogen-bond acceptors (Lipinski definition) is 6. The number of carbonyl (C=O) groups is 1. The Bertz CT molecular complexity index is 1360. The first-order valence-electron chi connectivity index (χ1n) is 12.5. The topological polar surface area (TPSA) is 110 Å². The molecular weight excluding hydrogens is 540 g/mol. The van der Waals surface area contributed by atoms with Gasteiger partial charge in [-0.2, -0.15) is 13.2 Å². The molecule has 0 bridgehead atoms. The highest BCUT2D eigenvalue weighted by Crippen LogP contribution is 2.36. The van der Waals surface area contributed by atoms with Crippen LogP contribution < -0.4 is 5.73 Å². The molecule has 2 aliphatic rings. The van der Waals surface area contributed by atoms with E-state index in [1.54, 1.807) is 0 Å². The number of alkyl halides is 3. The molecule has 2 aliphatic heterocycles. The Morgan fingerprint density at radius 1 is 1.13 bits per heavy atom. The smallest absolute Gasteiger partial charge is 0.414 e. The van der Waals surface area contributed by atoms with Crippen LogP contribution in [0.15, 0.2) is 36.4 Å². The third-order valence-corrected chi connectivity index (χ3v) is 9.10. The number of sulfone groups is 1. The molecular formula is C27H32F4N2O5S. The maximum Gasteiger partial charge on any atom is 0.414 e. The summed E-state index contributed by atoms with van der Waals surface area (Å²) in [6, 6.07) is 9.14. The molecule has 2 saturated heterocycles. The molecule has 0 unspecified atom stereocenters. The van der Waals surface area contributed by atoms with Gasteiger partial charge in [-0.25, -0.2) is 17.6 Å². The van der Waals surface area contributed by atoms with Gasteiger partial charge >= 0.3 is 12.3 Å². The zero-order chi connectivity index (χ0) is 28.9. The summed E-state index contributed by atoms with van der Waals surface area (Å²) in [5, 5.41) is 9.45. The fourth-order valence-electron chi connectivity index (χ4n) is 5.26. The second kappa shape index (κ2) is 10.3. The first-order chi connectivity index (χ1) is 17.9. The van der Waals surface area contributed by atoms with Crippen molar-refractivity contribution in [3.05, 3.63) is 64.5 Å². The third-order valence-electron chi connectivity index (χ3n) is 7.32. The number of nitrogen functional groups attached to an aromatic ring is 1. The number of rotatable bonds is 6. The number of carbonyl (C=O) groups excluding carboxylic acids is 1. The minimum atomic E-state index is -4.92. The number of aliphatic hydroxyl groups is 1. The molecule has 0 saturated carbocycles. The minimum Gasteiger partial charge on any atom is -0.444 e. The number of nitrogens with zero attached hydrogens (tertiary/aromatic N) is 1. The van der Waals surface area contributed by atoms with Crippen molar-refractivity contribution in [2.75, 3.05) is 17.2 Å². The summed E-state index contributed by atoms with van der Waals surface area (Å²) < 4.78 is 84.6. The number of halogens is 4. The van der Waals surface area contributed by atoms with Gasteiger partial charge in [-0.05, 0) is 40.2 Å². The number of benzene rings is 2. The summed E-state index contributed by atoms with van der Waals surface area (Å²) in [5.41, 5.74) is 6.79. The van der Waals surface area contributed by atoms with E-state index >= 15 is 0 Å². The van der Waals surface area contributed by atoms with Gasteiger partial charge in [0.1, 0.15) is 11.9 Å². The van der Waals surface area contributed by atoms with Crippen molar-refractivity contribution < 1.29 is 40.6 Å². The molecule has 39 heavy (non-hydrogen) atoms. The molecule has 2 heterocycles. The van der Waals surface area contributed by atoms with Gasteiger partial charge in [0.05, 0.1) is 23.2 Å².